The molecule has 0 unspecified atom stereocenters. The highest BCUT2D eigenvalue weighted by Gasteiger charge is 2.26. The van der Waals surface area contributed by atoms with E-state index < -0.39 is 0 Å². The topological polar surface area (TPSA) is 51.4 Å². The van der Waals surface area contributed by atoms with E-state index in [2.05, 4.69) is 47.1 Å². The van der Waals surface area contributed by atoms with Gasteiger partial charge in [0, 0.05) is 24.3 Å². The Kier molecular flexibility index (Phi) is 5.26. The summed E-state index contributed by atoms with van der Waals surface area (Å²) < 4.78 is 5.99. The van der Waals surface area contributed by atoms with Gasteiger partial charge in [-0.2, -0.15) is 0 Å². The number of hydrogen-bond acceptors (Lipinski definition) is 4. The predicted octanol–water partition coefficient (Wildman–Crippen LogP) is 3.06. The average Bonchev–Trinajstić information content (AvgIpc) is 2.58. The third kappa shape index (κ3) is 4.30. The summed E-state index contributed by atoms with van der Waals surface area (Å²) in [6, 6.07) is 15.0. The molecular weight excluding hydrogens is 286 g/mol. The Morgan fingerprint density at radius 2 is 2.04 bits per heavy atom. The number of ether oxygens (including phenoxy) is 1. The van der Waals surface area contributed by atoms with Gasteiger partial charge >= 0.3 is 0 Å². The lowest BCUT2D eigenvalue weighted by atomic mass is 10.1. The van der Waals surface area contributed by atoms with Crippen LogP contribution < -0.4 is 5.73 Å². The smallest absolute Gasteiger partial charge is 0.123 e. The predicted molar refractivity (Wildman–Crippen MR) is 93.1 cm³/mol. The van der Waals surface area contributed by atoms with Gasteiger partial charge in [0.2, 0.25) is 0 Å². The molecule has 1 saturated heterocycles. The van der Waals surface area contributed by atoms with Crippen LogP contribution in [0.25, 0.3) is 0 Å². The molecule has 122 valence electrons. The van der Waals surface area contributed by atoms with Crippen LogP contribution in [0, 0.1) is 0 Å². The molecule has 1 aromatic carbocycles. The van der Waals surface area contributed by atoms with Crippen LogP contribution in [-0.4, -0.2) is 35.6 Å². The van der Waals surface area contributed by atoms with Crippen molar-refractivity contribution in [2.75, 3.05) is 25.4 Å². The van der Waals surface area contributed by atoms with Gasteiger partial charge in [-0.05, 0) is 37.9 Å². The van der Waals surface area contributed by atoms with Crippen LogP contribution in [0.4, 0.5) is 5.82 Å². The fourth-order valence-electron chi connectivity index (χ4n) is 3.06. The second kappa shape index (κ2) is 7.57. The maximum atomic E-state index is 5.99. The first-order chi connectivity index (χ1) is 11.2. The lowest BCUT2D eigenvalue weighted by Crippen LogP contribution is -2.45. The number of hydrogen-bond donors (Lipinski definition) is 1. The lowest BCUT2D eigenvalue weighted by Gasteiger charge is -2.38. The quantitative estimate of drug-likeness (QED) is 0.922. The van der Waals surface area contributed by atoms with Gasteiger partial charge < -0.3 is 10.5 Å². The Morgan fingerprint density at radius 3 is 2.78 bits per heavy atom. The molecule has 0 bridgehead atoms. The van der Waals surface area contributed by atoms with Crippen LogP contribution in [0.15, 0.2) is 48.7 Å². The first-order valence-corrected chi connectivity index (χ1v) is 8.33. The fourth-order valence-corrected chi connectivity index (χ4v) is 3.06. The van der Waals surface area contributed by atoms with Crippen molar-refractivity contribution >= 4 is 5.82 Å². The summed E-state index contributed by atoms with van der Waals surface area (Å²) in [5, 5.41) is 0. The monoisotopic (exact) mass is 311 g/mol. The standard InChI is InChI=1S/C19H25N3O/c1-15-14-23-18(17-9-10-19(20)21-12-17)13-22(15)11-5-8-16-6-3-2-4-7-16/h2-4,6-7,9-10,12,15,18H,5,8,11,13-14H2,1H3,(H2,20,21)/t15-,18-/m0/s1. The van der Waals surface area contributed by atoms with E-state index in [9.17, 15) is 0 Å². The van der Waals surface area contributed by atoms with Crippen LogP contribution in [0.3, 0.4) is 0 Å². The zero-order chi connectivity index (χ0) is 16.1. The minimum absolute atomic E-state index is 0.0935. The van der Waals surface area contributed by atoms with Crippen molar-refractivity contribution in [3.63, 3.8) is 0 Å². The Hall–Kier alpha value is -1.91. The fraction of sp³-hybridized carbons (Fsp3) is 0.421. The molecule has 0 spiro atoms. The van der Waals surface area contributed by atoms with Crippen LogP contribution in [-0.2, 0) is 11.2 Å². The maximum absolute atomic E-state index is 5.99. The number of rotatable bonds is 5. The zero-order valence-electron chi connectivity index (χ0n) is 13.7. The van der Waals surface area contributed by atoms with E-state index in [1.165, 1.54) is 12.0 Å². The normalized spacial score (nSPS) is 22.1. The van der Waals surface area contributed by atoms with Crippen molar-refractivity contribution in [2.24, 2.45) is 0 Å². The molecule has 23 heavy (non-hydrogen) atoms. The van der Waals surface area contributed by atoms with Gasteiger partial charge in [-0.3, -0.25) is 4.90 Å². The zero-order valence-corrected chi connectivity index (χ0v) is 13.7. The molecule has 1 fully saturated rings. The highest BCUT2D eigenvalue weighted by Crippen LogP contribution is 2.25. The molecule has 3 rings (SSSR count). The molecule has 2 aromatic rings. The Balaban J connectivity index is 1.54. The van der Waals surface area contributed by atoms with Gasteiger partial charge in [0.15, 0.2) is 0 Å². The van der Waals surface area contributed by atoms with Crippen LogP contribution in [0.2, 0.25) is 0 Å². The Morgan fingerprint density at radius 1 is 1.22 bits per heavy atom. The third-order valence-corrected chi connectivity index (χ3v) is 4.50. The first-order valence-electron chi connectivity index (χ1n) is 8.33. The van der Waals surface area contributed by atoms with E-state index in [1.54, 1.807) is 0 Å². The van der Waals surface area contributed by atoms with Gasteiger partial charge in [0.1, 0.15) is 5.82 Å². The van der Waals surface area contributed by atoms with E-state index in [-0.39, 0.29) is 6.10 Å². The van der Waals surface area contributed by atoms with Gasteiger partial charge in [-0.1, -0.05) is 36.4 Å². The number of aromatic nitrogens is 1. The van der Waals surface area contributed by atoms with Crippen molar-refractivity contribution in [2.45, 2.75) is 31.9 Å². The average molecular weight is 311 g/mol. The number of nitrogen functional groups attached to an aromatic ring is 1. The molecule has 1 aromatic heterocycles. The Labute approximate surface area is 138 Å². The summed E-state index contributed by atoms with van der Waals surface area (Å²) in [7, 11) is 0. The molecule has 4 nitrogen and oxygen atoms in total. The molecule has 4 heteroatoms. The number of aryl methyl sites for hydroxylation is 1. The highest BCUT2D eigenvalue weighted by molar-refractivity contribution is 5.30. The molecular formula is C19H25N3O. The van der Waals surface area contributed by atoms with E-state index in [4.69, 9.17) is 10.5 Å². The van der Waals surface area contributed by atoms with Crippen LogP contribution >= 0.6 is 0 Å². The van der Waals surface area contributed by atoms with Gasteiger partial charge in [0.25, 0.3) is 0 Å². The highest BCUT2D eigenvalue weighted by atomic mass is 16.5. The molecule has 1 aliphatic rings. The molecule has 2 N–H and O–H groups in total. The number of nitrogens with zero attached hydrogens (tertiary/aromatic N) is 2. The number of anilines is 1. The van der Waals surface area contributed by atoms with Gasteiger partial charge in [0.05, 0.1) is 12.7 Å². The number of nitrogens with two attached hydrogens (primary N) is 1. The minimum atomic E-state index is 0.0935. The summed E-state index contributed by atoms with van der Waals surface area (Å²) in [4.78, 5) is 6.70. The van der Waals surface area contributed by atoms with Crippen molar-refractivity contribution in [1.82, 2.24) is 9.88 Å². The molecule has 1 aliphatic heterocycles. The summed E-state index contributed by atoms with van der Waals surface area (Å²) in [6.45, 7) is 5.01. The summed E-state index contributed by atoms with van der Waals surface area (Å²) >= 11 is 0. The Bertz CT molecular complexity index is 600. The molecule has 0 amide bonds. The largest absolute Gasteiger partial charge is 0.384 e. The molecule has 0 saturated carbocycles. The van der Waals surface area contributed by atoms with Crippen molar-refractivity contribution in [1.29, 1.82) is 0 Å². The maximum Gasteiger partial charge on any atom is 0.123 e. The van der Waals surface area contributed by atoms with E-state index in [0.717, 1.165) is 31.7 Å². The van der Waals surface area contributed by atoms with Crippen molar-refractivity contribution in [3.8, 4) is 0 Å². The third-order valence-electron chi connectivity index (χ3n) is 4.50. The second-order valence-corrected chi connectivity index (χ2v) is 6.27. The number of benzene rings is 1. The number of morpholine rings is 1. The second-order valence-electron chi connectivity index (χ2n) is 6.27. The molecule has 2 atom stereocenters. The van der Waals surface area contributed by atoms with Crippen molar-refractivity contribution < 1.29 is 4.74 Å². The van der Waals surface area contributed by atoms with E-state index >= 15 is 0 Å². The van der Waals surface area contributed by atoms with E-state index in [0.29, 0.717) is 11.9 Å². The number of pyridine rings is 1. The van der Waals surface area contributed by atoms with Gasteiger partial charge in [-0.25, -0.2) is 4.98 Å². The molecule has 0 aliphatic carbocycles. The van der Waals surface area contributed by atoms with Crippen molar-refractivity contribution in [3.05, 3.63) is 59.8 Å². The minimum Gasteiger partial charge on any atom is -0.384 e. The lowest BCUT2D eigenvalue weighted by molar-refractivity contribution is -0.0602. The molecule has 0 radical (unpaired) electrons. The summed E-state index contributed by atoms with van der Waals surface area (Å²) in [5.41, 5.74) is 8.18. The van der Waals surface area contributed by atoms with Gasteiger partial charge in [-0.15, -0.1) is 0 Å². The van der Waals surface area contributed by atoms with Crippen LogP contribution in [0.5, 0.6) is 0 Å². The van der Waals surface area contributed by atoms with Crippen LogP contribution in [0.1, 0.15) is 30.6 Å². The summed E-state index contributed by atoms with van der Waals surface area (Å²) in [5.74, 6) is 0.553. The SMILES string of the molecule is C[C@H]1CO[C@H](c2ccc(N)nc2)CN1CCCc1ccccc1. The van der Waals surface area contributed by atoms with E-state index in [1.807, 2.05) is 18.3 Å². The molecule has 2 heterocycles. The first kappa shape index (κ1) is 16.0. The summed E-state index contributed by atoms with van der Waals surface area (Å²) in [6.07, 6.45) is 4.22.